The van der Waals surface area contributed by atoms with Crippen molar-refractivity contribution >= 4 is 39.0 Å². The number of carbonyl (C=O) groups excluding carboxylic acids is 2. The fraction of sp³-hybridized carbons (Fsp3) is 0.217. The van der Waals surface area contributed by atoms with E-state index in [0.29, 0.717) is 5.75 Å². The maximum atomic E-state index is 12.4. The zero-order valence-electron chi connectivity index (χ0n) is 17.6. The van der Waals surface area contributed by atoms with Crippen molar-refractivity contribution in [1.82, 2.24) is 4.98 Å². The first kappa shape index (κ1) is 24.6. The number of nitrogens with zero attached hydrogens (tertiary/aromatic N) is 2. The molecular formula is C23H23IrN2O4S-. The number of fused-ring (bicyclic) bond motifs is 2. The van der Waals surface area contributed by atoms with Crippen LogP contribution < -0.4 is 9.64 Å². The molecule has 2 heterocycles. The van der Waals surface area contributed by atoms with Crippen LogP contribution in [0, 0.1) is 6.42 Å². The molecule has 0 aliphatic carbocycles. The SMILES string of the molecule is CC(=O)/C=C(/C)O.CN(C)c1ccc2c(c1)OC(=O)C(c1nc3ccccc3s1)[CH-]2.[Ir]. The minimum absolute atomic E-state index is 0. The maximum Gasteiger partial charge on any atom is 0.301 e. The minimum Gasteiger partial charge on any atom is -0.512 e. The molecule has 3 aromatic rings. The third-order valence-corrected chi connectivity index (χ3v) is 5.43. The second-order valence-corrected chi connectivity index (χ2v) is 8.16. The maximum absolute atomic E-state index is 12.4. The number of aliphatic hydroxyl groups excluding tert-OH is 1. The average Bonchev–Trinajstić information content (AvgIpc) is 3.10. The fourth-order valence-electron chi connectivity index (χ4n) is 2.94. The summed E-state index contributed by atoms with van der Waals surface area (Å²) in [6.45, 7) is 2.85. The van der Waals surface area contributed by atoms with Gasteiger partial charge in [0.05, 0.1) is 21.9 Å². The molecule has 165 valence electrons. The molecule has 2 aromatic carbocycles. The van der Waals surface area contributed by atoms with Crippen molar-refractivity contribution in [2.24, 2.45) is 0 Å². The van der Waals surface area contributed by atoms with E-state index in [1.165, 1.54) is 31.3 Å². The number of ether oxygens (including phenoxy) is 1. The number of aromatic nitrogens is 1. The number of hydrogen-bond donors (Lipinski definition) is 1. The van der Waals surface area contributed by atoms with Gasteiger partial charge >= 0.3 is 5.97 Å². The molecule has 1 aromatic heterocycles. The first-order chi connectivity index (χ1) is 14.2. The van der Waals surface area contributed by atoms with Crippen LogP contribution in [-0.4, -0.2) is 35.9 Å². The number of anilines is 1. The summed E-state index contributed by atoms with van der Waals surface area (Å²) in [6, 6.07) is 13.8. The number of rotatable bonds is 3. The zero-order chi connectivity index (χ0) is 21.8. The number of aliphatic hydroxyl groups is 1. The second kappa shape index (κ2) is 10.6. The Kier molecular flexibility index (Phi) is 8.39. The number of ketones is 1. The number of hydrogen-bond acceptors (Lipinski definition) is 7. The van der Waals surface area contributed by atoms with E-state index in [2.05, 4.69) is 4.98 Å². The smallest absolute Gasteiger partial charge is 0.301 e. The Morgan fingerprint density at radius 3 is 2.52 bits per heavy atom. The number of para-hydroxylation sites is 1. The minimum atomic E-state index is -0.440. The van der Waals surface area contributed by atoms with E-state index in [1.807, 2.05) is 67.9 Å². The van der Waals surface area contributed by atoms with Gasteiger partial charge in [0, 0.05) is 51.7 Å². The summed E-state index contributed by atoms with van der Waals surface area (Å²) in [5, 5.41) is 9.14. The number of allylic oxidation sites excluding steroid dienone is 2. The van der Waals surface area contributed by atoms with Gasteiger partial charge < -0.3 is 14.7 Å². The standard InChI is InChI=1S/C18H15N2O2S.C5H8O2.Ir/c1-20(2)12-8-7-11-9-13(18(21)22-15(11)10-12)17-19-14-5-3-4-6-16(14)23-17;1-4(6)3-5(2)7;/h3-10,13H,1-2H3;3,6H,1-2H3;/q-1;;/b;4-3-;. The van der Waals surface area contributed by atoms with Crippen molar-refractivity contribution in [2.75, 3.05) is 19.0 Å². The van der Waals surface area contributed by atoms with Gasteiger partial charge in [0.1, 0.15) is 5.01 Å². The Hall–Kier alpha value is -2.67. The summed E-state index contributed by atoms with van der Waals surface area (Å²) in [7, 11) is 3.92. The fourth-order valence-corrected chi connectivity index (χ4v) is 3.96. The van der Waals surface area contributed by atoms with Crippen LogP contribution in [0.25, 0.3) is 10.2 Å². The molecule has 1 radical (unpaired) electrons. The third-order valence-electron chi connectivity index (χ3n) is 4.31. The van der Waals surface area contributed by atoms with Crippen LogP contribution in [0.1, 0.15) is 30.3 Å². The van der Waals surface area contributed by atoms with E-state index >= 15 is 0 Å². The number of thiazole rings is 1. The van der Waals surface area contributed by atoms with Gasteiger partial charge in [0.2, 0.25) is 0 Å². The Morgan fingerprint density at radius 1 is 1.23 bits per heavy atom. The van der Waals surface area contributed by atoms with Crippen molar-refractivity contribution in [3.63, 3.8) is 0 Å². The molecule has 8 heteroatoms. The number of esters is 1. The molecule has 0 spiro atoms. The molecule has 1 atom stereocenters. The van der Waals surface area contributed by atoms with Crippen LogP contribution in [-0.2, 0) is 29.7 Å². The first-order valence-electron chi connectivity index (χ1n) is 9.36. The molecule has 1 N–H and O–H groups in total. The molecule has 0 amide bonds. The van der Waals surface area contributed by atoms with E-state index in [-0.39, 0.29) is 37.6 Å². The van der Waals surface area contributed by atoms with Gasteiger partial charge in [0.25, 0.3) is 0 Å². The van der Waals surface area contributed by atoms with E-state index in [9.17, 15) is 9.59 Å². The van der Waals surface area contributed by atoms with E-state index in [0.717, 1.165) is 26.5 Å². The summed E-state index contributed by atoms with van der Waals surface area (Å²) in [4.78, 5) is 29.0. The van der Waals surface area contributed by atoms with Crippen molar-refractivity contribution in [1.29, 1.82) is 0 Å². The van der Waals surface area contributed by atoms with Crippen molar-refractivity contribution in [2.45, 2.75) is 19.8 Å². The quantitative estimate of drug-likeness (QED) is 0.152. The van der Waals surface area contributed by atoms with Crippen LogP contribution >= 0.6 is 11.3 Å². The molecule has 0 saturated heterocycles. The molecule has 4 rings (SSSR count). The van der Waals surface area contributed by atoms with Gasteiger partial charge in [-0.25, -0.2) is 4.98 Å². The molecule has 1 aliphatic rings. The average molecular weight is 616 g/mol. The van der Waals surface area contributed by atoms with Gasteiger partial charge in [-0.3, -0.25) is 9.59 Å². The van der Waals surface area contributed by atoms with Crippen LogP contribution in [0.15, 0.2) is 54.3 Å². The van der Waals surface area contributed by atoms with E-state index in [1.54, 1.807) is 0 Å². The molecule has 1 aliphatic heterocycles. The third kappa shape index (κ3) is 6.17. The summed E-state index contributed by atoms with van der Waals surface area (Å²) in [5.41, 5.74) is 2.85. The Bertz CT molecular complexity index is 1090. The molecular weight excluding hydrogens is 593 g/mol. The predicted molar refractivity (Wildman–Crippen MR) is 119 cm³/mol. The van der Waals surface area contributed by atoms with Crippen LogP contribution in [0.3, 0.4) is 0 Å². The number of carbonyl (C=O) groups is 2. The van der Waals surface area contributed by atoms with Gasteiger partial charge in [0.15, 0.2) is 5.78 Å². The van der Waals surface area contributed by atoms with Crippen LogP contribution in [0.2, 0.25) is 0 Å². The van der Waals surface area contributed by atoms with Crippen LogP contribution in [0.4, 0.5) is 5.69 Å². The zero-order valence-corrected chi connectivity index (χ0v) is 20.8. The topological polar surface area (TPSA) is 79.7 Å². The molecule has 31 heavy (non-hydrogen) atoms. The Morgan fingerprint density at radius 2 is 1.94 bits per heavy atom. The van der Waals surface area contributed by atoms with Crippen molar-refractivity contribution in [3.05, 3.63) is 71.3 Å². The Labute approximate surface area is 198 Å². The van der Waals surface area contributed by atoms with Crippen molar-refractivity contribution in [3.8, 4) is 5.75 Å². The summed E-state index contributed by atoms with van der Waals surface area (Å²) >= 11 is 1.54. The predicted octanol–water partition coefficient (Wildman–Crippen LogP) is 4.65. The molecule has 6 nitrogen and oxygen atoms in total. The number of benzene rings is 2. The first-order valence-corrected chi connectivity index (χ1v) is 10.2. The van der Waals surface area contributed by atoms with E-state index < -0.39 is 5.92 Å². The molecule has 0 fully saturated rings. The molecule has 0 saturated carbocycles. The summed E-state index contributed by atoms with van der Waals surface area (Å²) < 4.78 is 6.64. The van der Waals surface area contributed by atoms with Gasteiger partial charge in [-0.1, -0.05) is 24.3 Å². The Balaban J connectivity index is 0.000000373. The molecule has 1 unspecified atom stereocenters. The largest absolute Gasteiger partial charge is 0.512 e. The summed E-state index contributed by atoms with van der Waals surface area (Å²) in [5.74, 6) is -0.163. The van der Waals surface area contributed by atoms with Crippen molar-refractivity contribution < 1.29 is 39.5 Å². The van der Waals surface area contributed by atoms with Gasteiger partial charge in [-0.2, -0.15) is 12.5 Å². The van der Waals surface area contributed by atoms with Gasteiger partial charge in [-0.15, -0.1) is 16.9 Å². The summed E-state index contributed by atoms with van der Waals surface area (Å²) in [6.07, 6.45) is 3.11. The second-order valence-electron chi connectivity index (χ2n) is 7.10. The van der Waals surface area contributed by atoms with E-state index in [4.69, 9.17) is 9.84 Å². The monoisotopic (exact) mass is 616 g/mol. The van der Waals surface area contributed by atoms with Gasteiger partial charge in [-0.05, 0) is 26.0 Å². The van der Waals surface area contributed by atoms with Crippen LogP contribution in [0.5, 0.6) is 5.75 Å². The molecule has 0 bridgehead atoms. The normalized spacial score (nSPS) is 14.9.